The largest absolute Gasteiger partial charge is 0.347 e. The van der Waals surface area contributed by atoms with Gasteiger partial charge in [-0.05, 0) is 69.3 Å². The first-order valence-corrected chi connectivity index (χ1v) is 8.65. The molecule has 0 saturated heterocycles. The molecule has 2 aromatic heterocycles. The molecule has 5 nitrogen and oxygen atoms in total. The Hall–Kier alpha value is -1.91. The monoisotopic (exact) mass is 311 g/mol. The first-order valence-electron chi connectivity index (χ1n) is 8.65. The summed E-state index contributed by atoms with van der Waals surface area (Å²) < 4.78 is 5.12. The van der Waals surface area contributed by atoms with E-state index in [0.29, 0.717) is 11.3 Å². The minimum atomic E-state index is 0.00181. The van der Waals surface area contributed by atoms with Crippen LogP contribution in [-0.2, 0) is 0 Å². The maximum Gasteiger partial charge on any atom is 0.257 e. The van der Waals surface area contributed by atoms with Crippen LogP contribution in [0, 0.1) is 24.7 Å². The maximum absolute atomic E-state index is 12.8. The van der Waals surface area contributed by atoms with Gasteiger partial charge in [0.1, 0.15) is 0 Å². The lowest BCUT2D eigenvalue weighted by molar-refractivity contribution is -0.0167. The molecule has 4 aliphatic carbocycles. The van der Waals surface area contributed by atoms with Crippen LogP contribution < -0.4 is 5.32 Å². The van der Waals surface area contributed by atoms with Crippen molar-refractivity contribution in [3.05, 3.63) is 23.5 Å². The van der Waals surface area contributed by atoms with Gasteiger partial charge in [0.2, 0.25) is 0 Å². The predicted octanol–water partition coefficient (Wildman–Crippen LogP) is 3.23. The number of pyridine rings is 1. The summed E-state index contributed by atoms with van der Waals surface area (Å²) in [6.45, 7) is 1.87. The molecular formula is C18H21N3O2. The van der Waals surface area contributed by atoms with Crippen LogP contribution >= 0.6 is 0 Å². The van der Waals surface area contributed by atoms with Gasteiger partial charge in [-0.15, -0.1) is 0 Å². The Bertz CT molecular complexity index is 759. The lowest BCUT2D eigenvalue weighted by Crippen LogP contribution is -2.59. The van der Waals surface area contributed by atoms with E-state index in [1.807, 2.05) is 13.0 Å². The third kappa shape index (κ3) is 2.09. The van der Waals surface area contributed by atoms with Crippen molar-refractivity contribution in [1.29, 1.82) is 0 Å². The van der Waals surface area contributed by atoms with Gasteiger partial charge in [0, 0.05) is 11.7 Å². The normalized spacial score (nSPS) is 34.9. The number of aryl methyl sites for hydroxylation is 1. The highest BCUT2D eigenvalue weighted by Crippen LogP contribution is 2.55. The number of hydrogen-bond donors (Lipinski definition) is 1. The smallest absolute Gasteiger partial charge is 0.257 e. The molecule has 5 heteroatoms. The fourth-order valence-electron chi connectivity index (χ4n) is 5.65. The molecule has 1 amide bonds. The van der Waals surface area contributed by atoms with E-state index >= 15 is 0 Å². The van der Waals surface area contributed by atoms with E-state index in [-0.39, 0.29) is 11.4 Å². The molecule has 1 N–H and O–H groups in total. The van der Waals surface area contributed by atoms with E-state index in [4.69, 9.17) is 4.52 Å². The minimum absolute atomic E-state index is 0.00181. The molecule has 0 aromatic carbocycles. The second kappa shape index (κ2) is 4.56. The number of amides is 1. The molecule has 2 aromatic rings. The second-order valence-corrected chi connectivity index (χ2v) is 8.00. The van der Waals surface area contributed by atoms with E-state index in [0.717, 1.165) is 48.1 Å². The molecule has 23 heavy (non-hydrogen) atoms. The Kier molecular flexibility index (Phi) is 2.68. The summed E-state index contributed by atoms with van der Waals surface area (Å²) in [5.74, 6) is 2.47. The van der Waals surface area contributed by atoms with Crippen LogP contribution in [-0.4, -0.2) is 21.6 Å². The fourth-order valence-corrected chi connectivity index (χ4v) is 5.65. The highest BCUT2D eigenvalue weighted by Gasteiger charge is 2.51. The summed E-state index contributed by atoms with van der Waals surface area (Å²) in [6.07, 6.45) is 9.21. The van der Waals surface area contributed by atoms with Crippen molar-refractivity contribution in [2.75, 3.05) is 0 Å². The summed E-state index contributed by atoms with van der Waals surface area (Å²) in [5.41, 5.74) is 1.91. The Morgan fingerprint density at radius 1 is 1.22 bits per heavy atom. The van der Waals surface area contributed by atoms with Crippen molar-refractivity contribution in [1.82, 2.24) is 15.5 Å². The van der Waals surface area contributed by atoms with Gasteiger partial charge in [0.05, 0.1) is 16.6 Å². The molecule has 0 atom stereocenters. The zero-order valence-electron chi connectivity index (χ0n) is 13.3. The van der Waals surface area contributed by atoms with Crippen LogP contribution in [0.25, 0.3) is 11.1 Å². The standard InChI is InChI=1S/C18H21N3O2/c1-10-15-5-14(9-19-17(15)23-21-10)16(22)20-18-6-11-2-12(7-18)4-13(3-11)8-18/h5,9,11-13H,2-4,6-8H2,1H3,(H,20,22). The SMILES string of the molecule is Cc1noc2ncc(C(=O)NC34CC5CC(CC(C5)C3)C4)cc12. The van der Waals surface area contributed by atoms with E-state index in [2.05, 4.69) is 15.5 Å². The van der Waals surface area contributed by atoms with Crippen molar-refractivity contribution < 1.29 is 9.32 Å². The summed E-state index contributed by atoms with van der Waals surface area (Å²) in [7, 11) is 0. The fraction of sp³-hybridized carbons (Fsp3) is 0.611. The van der Waals surface area contributed by atoms with Crippen LogP contribution in [0.4, 0.5) is 0 Å². The van der Waals surface area contributed by atoms with Crippen LogP contribution in [0.5, 0.6) is 0 Å². The lowest BCUT2D eigenvalue weighted by Gasteiger charge is -2.56. The van der Waals surface area contributed by atoms with Crippen LogP contribution in [0.3, 0.4) is 0 Å². The Morgan fingerprint density at radius 2 is 1.87 bits per heavy atom. The van der Waals surface area contributed by atoms with Crippen molar-refractivity contribution in [2.24, 2.45) is 17.8 Å². The topological polar surface area (TPSA) is 68.0 Å². The number of aromatic nitrogens is 2. The van der Waals surface area contributed by atoms with E-state index in [1.165, 1.54) is 19.3 Å². The third-order valence-corrected chi connectivity index (χ3v) is 6.19. The average molecular weight is 311 g/mol. The molecule has 0 radical (unpaired) electrons. The molecule has 2 heterocycles. The minimum Gasteiger partial charge on any atom is -0.347 e. The lowest BCUT2D eigenvalue weighted by atomic mass is 9.53. The van der Waals surface area contributed by atoms with Crippen LogP contribution in [0.1, 0.15) is 54.6 Å². The van der Waals surface area contributed by atoms with Crippen molar-refractivity contribution in [3.8, 4) is 0 Å². The Morgan fingerprint density at radius 3 is 2.52 bits per heavy atom. The Balaban J connectivity index is 1.43. The molecule has 0 unspecified atom stereocenters. The third-order valence-electron chi connectivity index (χ3n) is 6.19. The average Bonchev–Trinajstić information content (AvgIpc) is 2.86. The van der Waals surface area contributed by atoms with Gasteiger partial charge >= 0.3 is 0 Å². The number of fused-ring (bicyclic) bond motifs is 1. The van der Waals surface area contributed by atoms with Crippen molar-refractivity contribution in [2.45, 2.75) is 51.0 Å². The number of hydrogen-bond acceptors (Lipinski definition) is 4. The summed E-state index contributed by atoms with van der Waals surface area (Å²) in [6, 6.07) is 1.85. The molecule has 0 aliphatic heterocycles. The van der Waals surface area contributed by atoms with Gasteiger partial charge in [0.15, 0.2) is 0 Å². The van der Waals surface area contributed by atoms with Gasteiger partial charge in [-0.25, -0.2) is 4.98 Å². The molecule has 4 bridgehead atoms. The number of nitrogens with one attached hydrogen (secondary N) is 1. The highest BCUT2D eigenvalue weighted by molar-refractivity contribution is 5.97. The van der Waals surface area contributed by atoms with Crippen molar-refractivity contribution >= 4 is 17.0 Å². The van der Waals surface area contributed by atoms with Crippen LogP contribution in [0.2, 0.25) is 0 Å². The van der Waals surface area contributed by atoms with E-state index in [1.54, 1.807) is 6.20 Å². The maximum atomic E-state index is 12.8. The molecule has 6 rings (SSSR count). The second-order valence-electron chi connectivity index (χ2n) is 8.00. The molecular weight excluding hydrogens is 290 g/mol. The Labute approximate surface area is 134 Å². The number of carbonyl (C=O) groups excluding carboxylic acids is 1. The highest BCUT2D eigenvalue weighted by atomic mass is 16.5. The van der Waals surface area contributed by atoms with Gasteiger partial charge < -0.3 is 9.84 Å². The molecule has 4 fully saturated rings. The summed E-state index contributed by atoms with van der Waals surface area (Å²) in [5, 5.41) is 8.12. The molecule has 0 spiro atoms. The van der Waals surface area contributed by atoms with Gasteiger partial charge in [0.25, 0.3) is 11.6 Å². The van der Waals surface area contributed by atoms with Gasteiger partial charge in [-0.1, -0.05) is 5.16 Å². The number of rotatable bonds is 2. The first kappa shape index (κ1) is 13.5. The van der Waals surface area contributed by atoms with Gasteiger partial charge in [-0.2, -0.15) is 0 Å². The van der Waals surface area contributed by atoms with E-state index in [9.17, 15) is 4.79 Å². The summed E-state index contributed by atoms with van der Waals surface area (Å²) >= 11 is 0. The summed E-state index contributed by atoms with van der Waals surface area (Å²) in [4.78, 5) is 17.0. The number of nitrogens with zero attached hydrogens (tertiary/aromatic N) is 2. The molecule has 4 aliphatic rings. The predicted molar refractivity (Wildman–Crippen MR) is 84.9 cm³/mol. The molecule has 120 valence electrons. The zero-order chi connectivity index (χ0) is 15.6. The quantitative estimate of drug-likeness (QED) is 0.924. The van der Waals surface area contributed by atoms with E-state index < -0.39 is 0 Å². The van der Waals surface area contributed by atoms with Crippen molar-refractivity contribution in [3.63, 3.8) is 0 Å². The molecule has 4 saturated carbocycles. The van der Waals surface area contributed by atoms with Crippen LogP contribution in [0.15, 0.2) is 16.8 Å². The van der Waals surface area contributed by atoms with Gasteiger partial charge in [-0.3, -0.25) is 4.79 Å². The number of carbonyl (C=O) groups is 1. The first-order chi connectivity index (χ1) is 11.1. The zero-order valence-corrected chi connectivity index (χ0v) is 13.3.